The van der Waals surface area contributed by atoms with E-state index in [0.29, 0.717) is 23.8 Å². The van der Waals surface area contributed by atoms with Gasteiger partial charge in [0.05, 0.1) is 0 Å². The van der Waals surface area contributed by atoms with Crippen molar-refractivity contribution in [2.45, 2.75) is 76.5 Å². The lowest BCUT2D eigenvalue weighted by Crippen LogP contribution is -2.58. The quantitative estimate of drug-likeness (QED) is 0.758. The summed E-state index contributed by atoms with van der Waals surface area (Å²) in [7, 11) is 2.31. The van der Waals surface area contributed by atoms with E-state index in [1.54, 1.807) is 6.20 Å². The van der Waals surface area contributed by atoms with Crippen molar-refractivity contribution in [2.75, 3.05) is 7.05 Å². The highest BCUT2D eigenvalue weighted by molar-refractivity contribution is 5.94. The summed E-state index contributed by atoms with van der Waals surface area (Å²) in [6.45, 7) is 4.46. The number of hydrogen-bond acceptors (Lipinski definition) is 3. The number of likely N-dealkylation sites (N-methyl/N-ethyl adjacent to an activating group) is 1. The number of carbonyl (C=O) groups excluding carboxylic acids is 1. The minimum atomic E-state index is 0.140. The number of carbonyl (C=O) groups is 1. The third-order valence-corrected chi connectivity index (χ3v) is 8.26. The van der Waals surface area contributed by atoms with Crippen LogP contribution in [0.3, 0.4) is 0 Å². The second-order valence-electron chi connectivity index (χ2n) is 9.90. The maximum absolute atomic E-state index is 13.9. The van der Waals surface area contributed by atoms with Gasteiger partial charge in [-0.2, -0.15) is 0 Å². The Morgan fingerprint density at radius 3 is 2.57 bits per heavy atom. The second-order valence-corrected chi connectivity index (χ2v) is 9.90. The molecule has 3 heterocycles. The van der Waals surface area contributed by atoms with Crippen LogP contribution in [-0.2, 0) is 6.42 Å². The number of amides is 1. The number of nitrogens with zero attached hydrogens (tertiary/aromatic N) is 3. The van der Waals surface area contributed by atoms with Gasteiger partial charge in [-0.1, -0.05) is 56.2 Å². The zero-order valence-electron chi connectivity index (χ0n) is 18.4. The molecule has 158 valence electrons. The average Bonchev–Trinajstić information content (AvgIpc) is 2.89. The van der Waals surface area contributed by atoms with Crippen molar-refractivity contribution >= 4 is 5.91 Å². The first-order chi connectivity index (χ1) is 14.5. The van der Waals surface area contributed by atoms with Crippen LogP contribution in [0.5, 0.6) is 0 Å². The molecule has 2 saturated heterocycles. The molecule has 4 heteroatoms. The second kappa shape index (κ2) is 7.49. The SMILES string of the molecule is Cc1cccnc1C(=O)N1[C@H]2CCCC[C@H]3N(C)[C@H](Cc4ccccc4)[C@@H]1C[C@@]23C. The van der Waals surface area contributed by atoms with Gasteiger partial charge in [0.15, 0.2) is 0 Å². The Balaban J connectivity index is 1.57. The summed E-state index contributed by atoms with van der Waals surface area (Å²) < 4.78 is 0. The van der Waals surface area contributed by atoms with Crippen molar-refractivity contribution in [1.82, 2.24) is 14.8 Å². The number of pyridine rings is 1. The van der Waals surface area contributed by atoms with Gasteiger partial charge in [-0.25, -0.2) is 0 Å². The Bertz CT molecular complexity index is 929. The largest absolute Gasteiger partial charge is 0.329 e. The average molecular weight is 404 g/mol. The molecule has 0 N–H and O–H groups in total. The van der Waals surface area contributed by atoms with Gasteiger partial charge >= 0.3 is 0 Å². The standard InChI is InChI=1S/C26H33N3O/c1-18-10-9-15-27-24(18)25(30)29-21-17-26(2)22(13-7-8-14-23(26)29)28(3)20(21)16-19-11-5-4-6-12-19/h4-6,9-12,15,20-23H,7-8,13-14,16-17H2,1-3H3/t20-,21+,22-,23+,26-/m1/s1. The molecule has 0 radical (unpaired) electrons. The van der Waals surface area contributed by atoms with Crippen LogP contribution >= 0.6 is 0 Å². The smallest absolute Gasteiger partial charge is 0.273 e. The van der Waals surface area contributed by atoms with Crippen molar-refractivity contribution in [3.8, 4) is 0 Å². The van der Waals surface area contributed by atoms with Crippen LogP contribution in [0.2, 0.25) is 0 Å². The van der Waals surface area contributed by atoms with Gasteiger partial charge in [-0.15, -0.1) is 0 Å². The fraction of sp³-hybridized carbons (Fsp3) is 0.538. The maximum Gasteiger partial charge on any atom is 0.273 e. The van der Waals surface area contributed by atoms with Crippen molar-refractivity contribution < 1.29 is 4.79 Å². The Morgan fingerprint density at radius 2 is 1.83 bits per heavy atom. The molecule has 1 aliphatic carbocycles. The van der Waals surface area contributed by atoms with Gasteiger partial charge in [-0.05, 0) is 56.8 Å². The van der Waals surface area contributed by atoms with E-state index < -0.39 is 0 Å². The fourth-order valence-corrected chi connectivity index (χ4v) is 6.82. The number of piperidine rings is 1. The molecule has 0 spiro atoms. The highest BCUT2D eigenvalue weighted by atomic mass is 16.2. The molecule has 1 aromatic carbocycles. The van der Waals surface area contributed by atoms with Gasteiger partial charge in [-0.3, -0.25) is 14.7 Å². The number of hydrogen-bond donors (Lipinski definition) is 0. The number of fused-ring (bicyclic) bond motifs is 1. The van der Waals surface area contributed by atoms with E-state index in [9.17, 15) is 4.79 Å². The van der Waals surface area contributed by atoms with Crippen LogP contribution in [0, 0.1) is 12.3 Å². The Morgan fingerprint density at radius 1 is 1.10 bits per heavy atom. The van der Waals surface area contributed by atoms with Crippen molar-refractivity contribution in [3.05, 3.63) is 65.5 Å². The predicted octanol–water partition coefficient (Wildman–Crippen LogP) is 4.48. The number of benzene rings is 1. The molecule has 3 aliphatic rings. The van der Waals surface area contributed by atoms with Gasteiger partial charge < -0.3 is 4.90 Å². The Kier molecular flexibility index (Phi) is 4.93. The lowest BCUT2D eigenvalue weighted by Gasteiger charge is -2.49. The molecule has 0 unspecified atom stereocenters. The summed E-state index contributed by atoms with van der Waals surface area (Å²) in [5.74, 6) is 0.140. The third kappa shape index (κ3) is 2.99. The third-order valence-electron chi connectivity index (χ3n) is 8.26. The van der Waals surface area contributed by atoms with Gasteiger partial charge in [0, 0.05) is 35.8 Å². The molecule has 1 saturated carbocycles. The summed E-state index contributed by atoms with van der Waals surface area (Å²) in [5, 5.41) is 0. The number of aryl methyl sites for hydroxylation is 1. The van der Waals surface area contributed by atoms with Gasteiger partial charge in [0.2, 0.25) is 0 Å². The summed E-state index contributed by atoms with van der Waals surface area (Å²) >= 11 is 0. The van der Waals surface area contributed by atoms with Crippen LogP contribution in [0.4, 0.5) is 0 Å². The minimum Gasteiger partial charge on any atom is -0.329 e. The number of likely N-dealkylation sites (tertiary alicyclic amines) is 2. The number of aromatic nitrogens is 1. The first kappa shape index (κ1) is 19.7. The summed E-state index contributed by atoms with van der Waals surface area (Å²) in [6.07, 6.45) is 8.70. The van der Waals surface area contributed by atoms with Crippen LogP contribution < -0.4 is 0 Å². The monoisotopic (exact) mass is 403 g/mol. The van der Waals surface area contributed by atoms with E-state index >= 15 is 0 Å². The highest BCUT2D eigenvalue weighted by Gasteiger charge is 2.62. The van der Waals surface area contributed by atoms with Crippen LogP contribution in [0.25, 0.3) is 0 Å². The van der Waals surface area contributed by atoms with Crippen molar-refractivity contribution in [1.29, 1.82) is 0 Å². The lowest BCUT2D eigenvalue weighted by atomic mass is 9.69. The zero-order valence-corrected chi connectivity index (χ0v) is 18.4. The van der Waals surface area contributed by atoms with E-state index in [2.05, 4.69) is 59.1 Å². The Labute approximate surface area is 180 Å². The molecule has 2 aromatic rings. The lowest BCUT2D eigenvalue weighted by molar-refractivity contribution is 0.0155. The molecule has 5 atom stereocenters. The van der Waals surface area contributed by atoms with Gasteiger partial charge in [0.25, 0.3) is 5.91 Å². The van der Waals surface area contributed by atoms with E-state index in [-0.39, 0.29) is 17.4 Å². The molecule has 1 aromatic heterocycles. The molecule has 5 rings (SSSR count). The first-order valence-corrected chi connectivity index (χ1v) is 11.5. The normalized spacial score (nSPS) is 33.4. The molecule has 2 bridgehead atoms. The zero-order chi connectivity index (χ0) is 20.9. The summed E-state index contributed by atoms with van der Waals surface area (Å²) in [5.41, 5.74) is 3.14. The molecular formula is C26H33N3O. The van der Waals surface area contributed by atoms with Crippen molar-refractivity contribution in [2.24, 2.45) is 5.41 Å². The molecule has 30 heavy (non-hydrogen) atoms. The number of rotatable bonds is 3. The van der Waals surface area contributed by atoms with Crippen molar-refractivity contribution in [3.63, 3.8) is 0 Å². The van der Waals surface area contributed by atoms with E-state index in [0.717, 1.165) is 24.8 Å². The molecular weight excluding hydrogens is 370 g/mol. The predicted molar refractivity (Wildman–Crippen MR) is 119 cm³/mol. The van der Waals surface area contributed by atoms with Crippen LogP contribution in [0.1, 0.15) is 60.6 Å². The summed E-state index contributed by atoms with van der Waals surface area (Å²) in [6, 6.07) is 16.2. The van der Waals surface area contributed by atoms with E-state index in [4.69, 9.17) is 0 Å². The Hall–Kier alpha value is -2.20. The van der Waals surface area contributed by atoms with E-state index in [1.165, 1.54) is 24.8 Å². The molecule has 1 amide bonds. The topological polar surface area (TPSA) is 36.4 Å². The minimum absolute atomic E-state index is 0.140. The highest BCUT2D eigenvalue weighted by Crippen LogP contribution is 2.55. The molecule has 4 nitrogen and oxygen atoms in total. The van der Waals surface area contributed by atoms with Crippen LogP contribution in [-0.4, -0.2) is 51.9 Å². The maximum atomic E-state index is 13.9. The summed E-state index contributed by atoms with van der Waals surface area (Å²) in [4.78, 5) is 23.3. The van der Waals surface area contributed by atoms with E-state index in [1.807, 2.05) is 19.1 Å². The molecule has 3 fully saturated rings. The fourth-order valence-electron chi connectivity index (χ4n) is 6.82. The van der Waals surface area contributed by atoms with Gasteiger partial charge in [0.1, 0.15) is 5.69 Å². The van der Waals surface area contributed by atoms with Crippen LogP contribution in [0.15, 0.2) is 48.7 Å². The molecule has 2 aliphatic heterocycles. The first-order valence-electron chi connectivity index (χ1n) is 11.5.